The number of hydrogen-bond donors (Lipinski definition) is 0. The molecule has 280 valence electrons. The Bertz CT molecular complexity index is 2100. The van der Waals surface area contributed by atoms with Gasteiger partial charge in [0.15, 0.2) is 6.79 Å². The Morgan fingerprint density at radius 1 is 1.06 bits per heavy atom. The van der Waals surface area contributed by atoms with Crippen LogP contribution < -0.4 is 19.1 Å². The van der Waals surface area contributed by atoms with Crippen molar-refractivity contribution in [1.82, 2.24) is 24.8 Å². The maximum Gasteiger partial charge on any atom is 0.410 e. The number of ether oxygens (including phenoxy) is 5. The van der Waals surface area contributed by atoms with Gasteiger partial charge in [0, 0.05) is 37.6 Å². The standard InChI is InChI=1S/C39H44F2N6O6/c1-38(2,3)53-37(48)47-24-9-10-30(47)31-19-50-35-33-29(15-28(42-35)26-14-25(52-21-49-4)13-22-7-5-8-27(41)32(22)26)43-36(44-34(33)46(31)18-24)51-20-39-11-6-12-45(39)17-23(40)16-39/h5,7-8,13-15,23-24,30-31H,6,9-12,16-21H2,1-4H3/t23-,24-,30+,31-,39+/m0/s1. The van der Waals surface area contributed by atoms with Crippen molar-refractivity contribution >= 4 is 33.6 Å². The van der Waals surface area contributed by atoms with E-state index >= 15 is 4.39 Å². The Hall–Kier alpha value is -4.56. The third kappa shape index (κ3) is 5.94. The summed E-state index contributed by atoms with van der Waals surface area (Å²) in [6.07, 6.45) is 2.61. The van der Waals surface area contributed by atoms with Crippen LogP contribution in [0.15, 0.2) is 36.4 Å². The zero-order valence-corrected chi connectivity index (χ0v) is 30.4. The number of piperazine rings is 1. The second-order valence-corrected chi connectivity index (χ2v) is 16.0. The summed E-state index contributed by atoms with van der Waals surface area (Å²) in [5.41, 5.74) is 0.392. The first-order valence-corrected chi connectivity index (χ1v) is 18.5. The van der Waals surface area contributed by atoms with E-state index in [4.69, 9.17) is 38.6 Å². The summed E-state index contributed by atoms with van der Waals surface area (Å²) in [4.78, 5) is 34.8. The minimum Gasteiger partial charge on any atom is -0.475 e. The number of aromatic nitrogens is 3. The summed E-state index contributed by atoms with van der Waals surface area (Å²) in [5, 5.41) is 1.62. The number of anilines is 1. The van der Waals surface area contributed by atoms with E-state index in [1.54, 1.807) is 24.3 Å². The third-order valence-corrected chi connectivity index (χ3v) is 11.4. The monoisotopic (exact) mass is 730 g/mol. The van der Waals surface area contributed by atoms with Crippen LogP contribution in [0.3, 0.4) is 0 Å². The molecule has 0 aliphatic carbocycles. The topological polar surface area (TPSA) is 112 Å². The van der Waals surface area contributed by atoms with Crippen molar-refractivity contribution in [3.05, 3.63) is 42.2 Å². The fourth-order valence-corrected chi connectivity index (χ4v) is 9.26. The van der Waals surface area contributed by atoms with Crippen molar-refractivity contribution in [2.75, 3.05) is 51.7 Å². The molecule has 2 aromatic carbocycles. The number of fused-ring (bicyclic) bond motifs is 7. The van der Waals surface area contributed by atoms with Crippen molar-refractivity contribution in [3.63, 3.8) is 0 Å². The molecule has 14 heteroatoms. The van der Waals surface area contributed by atoms with Gasteiger partial charge in [-0.2, -0.15) is 9.97 Å². The molecule has 9 rings (SSSR count). The van der Waals surface area contributed by atoms with E-state index < -0.39 is 23.1 Å². The highest BCUT2D eigenvalue weighted by atomic mass is 19.1. The second kappa shape index (κ2) is 12.8. The SMILES string of the molecule is COCOc1cc(-c2cc3nc(OC[C@]45CCCN4C[C@@H](F)C5)nc4c3c(n2)OC[C@H]2[C@H]3CC[C@@H](CN42)N3C(=O)OC(C)(C)C)c2c(F)cccc2c1. The number of benzene rings is 2. The number of halogens is 2. The lowest BCUT2D eigenvalue weighted by molar-refractivity contribution is 0.00537. The largest absolute Gasteiger partial charge is 0.475 e. The van der Waals surface area contributed by atoms with Crippen molar-refractivity contribution in [2.45, 2.75) is 88.3 Å². The molecule has 1 amide bonds. The van der Waals surface area contributed by atoms with Crippen LogP contribution in [0.2, 0.25) is 0 Å². The Balaban J connectivity index is 1.17. The summed E-state index contributed by atoms with van der Waals surface area (Å²) in [6.45, 7) is 7.86. The summed E-state index contributed by atoms with van der Waals surface area (Å²) < 4.78 is 60.2. The van der Waals surface area contributed by atoms with Crippen LogP contribution in [0, 0.1) is 5.82 Å². The normalized spacial score (nSPS) is 26.4. The first-order valence-electron chi connectivity index (χ1n) is 18.5. The molecule has 0 unspecified atom stereocenters. The molecular weight excluding hydrogens is 686 g/mol. The van der Waals surface area contributed by atoms with Gasteiger partial charge in [-0.25, -0.2) is 18.6 Å². The fourth-order valence-electron chi connectivity index (χ4n) is 9.26. The smallest absolute Gasteiger partial charge is 0.410 e. The molecule has 53 heavy (non-hydrogen) atoms. The van der Waals surface area contributed by atoms with E-state index in [0.717, 1.165) is 32.2 Å². The Morgan fingerprint density at radius 2 is 1.92 bits per heavy atom. The van der Waals surface area contributed by atoms with Crippen molar-refractivity contribution < 1.29 is 37.3 Å². The highest BCUT2D eigenvalue weighted by molar-refractivity contribution is 6.01. The van der Waals surface area contributed by atoms with Gasteiger partial charge in [0.05, 0.1) is 34.9 Å². The maximum absolute atomic E-state index is 15.6. The van der Waals surface area contributed by atoms with Gasteiger partial charge >= 0.3 is 12.1 Å². The molecule has 2 bridgehead atoms. The van der Waals surface area contributed by atoms with Gasteiger partial charge in [-0.15, -0.1) is 0 Å². The average Bonchev–Trinajstić information content (AvgIpc) is 3.72. The number of rotatable bonds is 7. The van der Waals surface area contributed by atoms with Crippen LogP contribution in [0.4, 0.5) is 19.4 Å². The summed E-state index contributed by atoms with van der Waals surface area (Å²) in [7, 11) is 1.53. The first kappa shape index (κ1) is 34.2. The first-order chi connectivity index (χ1) is 25.5. The second-order valence-electron chi connectivity index (χ2n) is 16.0. The lowest BCUT2D eigenvalue weighted by atomic mass is 9.95. The van der Waals surface area contributed by atoms with Gasteiger partial charge in [-0.05, 0) is 82.7 Å². The molecule has 4 aromatic rings. The molecule has 0 spiro atoms. The van der Waals surface area contributed by atoms with Crippen LogP contribution in [-0.4, -0.2) is 113 Å². The van der Waals surface area contributed by atoms with E-state index in [1.165, 1.54) is 13.2 Å². The van der Waals surface area contributed by atoms with Crippen molar-refractivity contribution in [2.24, 2.45) is 0 Å². The van der Waals surface area contributed by atoms with E-state index in [9.17, 15) is 9.18 Å². The van der Waals surface area contributed by atoms with E-state index in [1.807, 2.05) is 31.7 Å². The van der Waals surface area contributed by atoms with Crippen molar-refractivity contribution in [3.8, 4) is 28.9 Å². The van der Waals surface area contributed by atoms with E-state index in [-0.39, 0.29) is 50.2 Å². The molecule has 4 saturated heterocycles. The van der Waals surface area contributed by atoms with Crippen molar-refractivity contribution in [1.29, 1.82) is 0 Å². The number of hydrogen-bond acceptors (Lipinski definition) is 11. The van der Waals surface area contributed by atoms with E-state index in [0.29, 0.717) is 69.9 Å². The molecule has 2 aromatic heterocycles. The third-order valence-electron chi connectivity index (χ3n) is 11.4. The van der Waals surface area contributed by atoms with Crippen LogP contribution in [0.1, 0.15) is 52.9 Å². The van der Waals surface area contributed by atoms with Gasteiger partial charge in [0.1, 0.15) is 47.8 Å². The van der Waals surface area contributed by atoms with Crippen LogP contribution in [0.25, 0.3) is 32.9 Å². The summed E-state index contributed by atoms with van der Waals surface area (Å²) in [5.74, 6) is 0.985. The zero-order valence-electron chi connectivity index (χ0n) is 30.4. The molecule has 5 aliphatic rings. The highest BCUT2D eigenvalue weighted by Gasteiger charge is 2.52. The van der Waals surface area contributed by atoms with Crippen LogP contribution >= 0.6 is 0 Å². The quantitative estimate of drug-likeness (QED) is 0.201. The predicted octanol–water partition coefficient (Wildman–Crippen LogP) is 6.27. The van der Waals surface area contributed by atoms with E-state index in [2.05, 4.69) is 9.80 Å². The molecule has 0 radical (unpaired) electrons. The van der Waals surface area contributed by atoms with Gasteiger partial charge in [-0.1, -0.05) is 12.1 Å². The fraction of sp³-hybridized carbons (Fsp3) is 0.538. The van der Waals surface area contributed by atoms with Crippen LogP contribution in [0.5, 0.6) is 17.6 Å². The molecule has 7 heterocycles. The highest BCUT2D eigenvalue weighted by Crippen LogP contribution is 2.46. The number of methoxy groups -OCH3 is 1. The molecule has 5 aliphatic heterocycles. The molecule has 0 saturated carbocycles. The Kier molecular flexibility index (Phi) is 8.26. The average molecular weight is 731 g/mol. The van der Waals surface area contributed by atoms with Gasteiger partial charge in [0.25, 0.3) is 0 Å². The predicted molar refractivity (Wildman–Crippen MR) is 193 cm³/mol. The Labute approximate surface area is 306 Å². The minimum atomic E-state index is -0.897. The molecule has 4 fully saturated rings. The molecule has 5 atom stereocenters. The molecular formula is C39H44F2N6O6. The Morgan fingerprint density at radius 3 is 2.75 bits per heavy atom. The summed E-state index contributed by atoms with van der Waals surface area (Å²) in [6, 6.07) is 9.82. The number of nitrogens with zero attached hydrogens (tertiary/aromatic N) is 6. The minimum absolute atomic E-state index is 0.0127. The molecule has 12 nitrogen and oxygen atoms in total. The number of alkyl halides is 1. The zero-order chi connectivity index (χ0) is 36.6. The summed E-state index contributed by atoms with van der Waals surface area (Å²) >= 11 is 0. The number of pyridine rings is 1. The lowest BCUT2D eigenvalue weighted by Gasteiger charge is -2.46. The van der Waals surface area contributed by atoms with Crippen LogP contribution in [-0.2, 0) is 9.47 Å². The number of amides is 1. The van der Waals surface area contributed by atoms with Gasteiger partial charge in [0.2, 0.25) is 5.88 Å². The number of carbonyl (C=O) groups is 1. The van der Waals surface area contributed by atoms with Gasteiger partial charge < -0.3 is 28.6 Å². The number of carbonyl (C=O) groups excluding carboxylic acids is 1. The van der Waals surface area contributed by atoms with Gasteiger partial charge in [-0.3, -0.25) is 9.80 Å². The lowest BCUT2D eigenvalue weighted by Crippen LogP contribution is -2.63. The molecule has 0 N–H and O–H groups in total. The maximum atomic E-state index is 15.6.